The molecule has 1 aliphatic heterocycles. The van der Waals surface area contributed by atoms with E-state index in [9.17, 15) is 5.26 Å². The van der Waals surface area contributed by atoms with Gasteiger partial charge in [0.15, 0.2) is 5.60 Å². The maximum atomic E-state index is 9.25. The highest BCUT2D eigenvalue weighted by molar-refractivity contribution is 5.05. The smallest absolute Gasteiger partial charge is 0.158 e. The topological polar surface area (TPSA) is 62.5 Å². The van der Waals surface area contributed by atoms with Crippen molar-refractivity contribution in [2.24, 2.45) is 5.92 Å². The molecular formula is C12H21NO3. The summed E-state index contributed by atoms with van der Waals surface area (Å²) in [5, 5.41) is 18.0. The summed E-state index contributed by atoms with van der Waals surface area (Å²) in [7, 11) is 0. The fourth-order valence-corrected chi connectivity index (χ4v) is 1.89. The van der Waals surface area contributed by atoms with E-state index in [1.807, 2.05) is 0 Å². The highest BCUT2D eigenvalue weighted by atomic mass is 16.5. The summed E-state index contributed by atoms with van der Waals surface area (Å²) < 4.78 is 11.3. The van der Waals surface area contributed by atoms with E-state index < -0.39 is 5.60 Å². The van der Waals surface area contributed by atoms with Gasteiger partial charge < -0.3 is 14.6 Å². The van der Waals surface area contributed by atoms with Crippen LogP contribution in [-0.4, -0.2) is 36.6 Å². The van der Waals surface area contributed by atoms with E-state index in [1.54, 1.807) is 0 Å². The lowest BCUT2D eigenvalue weighted by atomic mass is 9.87. The Morgan fingerprint density at radius 3 is 2.94 bits per heavy atom. The van der Waals surface area contributed by atoms with Crippen molar-refractivity contribution in [3.8, 4) is 6.07 Å². The summed E-state index contributed by atoms with van der Waals surface area (Å²) in [6, 6.07) is 2.28. The molecule has 4 nitrogen and oxygen atoms in total. The van der Waals surface area contributed by atoms with E-state index in [2.05, 4.69) is 19.9 Å². The standard InChI is InChI=1S/C12H21NO3/c1-10(2)11-8-12(9-13,4-7-15-11)16-6-3-5-14/h10-11,14H,3-8H2,1-2H3. The van der Waals surface area contributed by atoms with Gasteiger partial charge >= 0.3 is 0 Å². The average molecular weight is 227 g/mol. The molecule has 16 heavy (non-hydrogen) atoms. The van der Waals surface area contributed by atoms with Crippen molar-refractivity contribution in [3.63, 3.8) is 0 Å². The van der Waals surface area contributed by atoms with Gasteiger partial charge in [0.2, 0.25) is 0 Å². The van der Waals surface area contributed by atoms with Gasteiger partial charge in [-0.3, -0.25) is 0 Å². The lowest BCUT2D eigenvalue weighted by Crippen LogP contribution is -2.44. The van der Waals surface area contributed by atoms with E-state index in [-0.39, 0.29) is 12.7 Å². The lowest BCUT2D eigenvalue weighted by molar-refractivity contribution is -0.122. The van der Waals surface area contributed by atoms with Gasteiger partial charge in [-0.25, -0.2) is 0 Å². The minimum Gasteiger partial charge on any atom is -0.396 e. The van der Waals surface area contributed by atoms with Crippen molar-refractivity contribution < 1.29 is 14.6 Å². The number of aliphatic hydroxyl groups is 1. The van der Waals surface area contributed by atoms with Gasteiger partial charge in [-0.2, -0.15) is 5.26 Å². The SMILES string of the molecule is CC(C)C1CC(C#N)(OCCCO)CCO1. The molecule has 1 fully saturated rings. The highest BCUT2D eigenvalue weighted by Crippen LogP contribution is 2.31. The Bertz CT molecular complexity index is 249. The van der Waals surface area contributed by atoms with Crippen molar-refractivity contribution in [2.75, 3.05) is 19.8 Å². The second-order valence-corrected chi connectivity index (χ2v) is 4.64. The van der Waals surface area contributed by atoms with Crippen molar-refractivity contribution in [1.82, 2.24) is 0 Å². The lowest BCUT2D eigenvalue weighted by Gasteiger charge is -2.37. The fourth-order valence-electron chi connectivity index (χ4n) is 1.89. The number of nitriles is 1. The van der Waals surface area contributed by atoms with Gasteiger partial charge in [0, 0.05) is 19.4 Å². The molecule has 0 amide bonds. The predicted octanol–water partition coefficient (Wildman–Crippen LogP) is 1.48. The van der Waals surface area contributed by atoms with E-state index >= 15 is 0 Å². The first-order valence-electron chi connectivity index (χ1n) is 5.91. The molecule has 2 unspecified atom stereocenters. The van der Waals surface area contributed by atoms with Gasteiger partial charge in [-0.1, -0.05) is 13.8 Å². The fraction of sp³-hybridized carbons (Fsp3) is 0.917. The Kier molecular flexibility index (Phi) is 5.20. The number of hydrogen-bond acceptors (Lipinski definition) is 4. The van der Waals surface area contributed by atoms with Crippen LogP contribution >= 0.6 is 0 Å². The third-order valence-electron chi connectivity index (χ3n) is 3.00. The predicted molar refractivity (Wildman–Crippen MR) is 59.8 cm³/mol. The summed E-state index contributed by atoms with van der Waals surface area (Å²) in [6.45, 7) is 5.30. The maximum Gasteiger partial charge on any atom is 0.158 e. The molecule has 0 spiro atoms. The maximum absolute atomic E-state index is 9.25. The normalized spacial score (nSPS) is 30.3. The van der Waals surface area contributed by atoms with Crippen LogP contribution in [0.5, 0.6) is 0 Å². The van der Waals surface area contributed by atoms with E-state index in [0.29, 0.717) is 38.4 Å². The van der Waals surface area contributed by atoms with E-state index in [4.69, 9.17) is 14.6 Å². The molecule has 0 radical (unpaired) electrons. The van der Waals surface area contributed by atoms with Crippen LogP contribution in [0.25, 0.3) is 0 Å². The molecular weight excluding hydrogens is 206 g/mol. The third kappa shape index (κ3) is 3.44. The Morgan fingerprint density at radius 1 is 1.62 bits per heavy atom. The number of nitrogens with zero attached hydrogens (tertiary/aromatic N) is 1. The summed E-state index contributed by atoms with van der Waals surface area (Å²) in [5.41, 5.74) is -0.706. The first-order valence-corrected chi connectivity index (χ1v) is 5.91. The highest BCUT2D eigenvalue weighted by Gasteiger charge is 2.39. The molecule has 1 aliphatic rings. The molecule has 1 rings (SSSR count). The van der Waals surface area contributed by atoms with Crippen LogP contribution < -0.4 is 0 Å². The molecule has 0 bridgehead atoms. The molecule has 0 aromatic heterocycles. The minimum absolute atomic E-state index is 0.0996. The number of aliphatic hydroxyl groups excluding tert-OH is 1. The van der Waals surface area contributed by atoms with Crippen LogP contribution in [-0.2, 0) is 9.47 Å². The summed E-state index contributed by atoms with van der Waals surface area (Å²) in [5.74, 6) is 0.398. The minimum atomic E-state index is -0.706. The second-order valence-electron chi connectivity index (χ2n) is 4.64. The molecule has 1 heterocycles. The Morgan fingerprint density at radius 2 is 2.38 bits per heavy atom. The molecule has 4 heteroatoms. The van der Waals surface area contributed by atoms with Crippen LogP contribution in [0.2, 0.25) is 0 Å². The number of rotatable bonds is 5. The van der Waals surface area contributed by atoms with Crippen LogP contribution in [0.15, 0.2) is 0 Å². The van der Waals surface area contributed by atoms with Crippen molar-refractivity contribution >= 4 is 0 Å². The first kappa shape index (κ1) is 13.4. The van der Waals surface area contributed by atoms with Gasteiger partial charge in [0.1, 0.15) is 0 Å². The van der Waals surface area contributed by atoms with Gasteiger partial charge in [-0.05, 0) is 12.3 Å². The molecule has 1 saturated heterocycles. The Hall–Kier alpha value is -0.630. The molecule has 92 valence electrons. The van der Waals surface area contributed by atoms with Gasteiger partial charge in [0.25, 0.3) is 0 Å². The molecule has 2 atom stereocenters. The zero-order chi connectivity index (χ0) is 12.0. The molecule has 0 aromatic carbocycles. The Labute approximate surface area is 97.2 Å². The van der Waals surface area contributed by atoms with Crippen LogP contribution in [0, 0.1) is 17.2 Å². The number of ether oxygens (including phenoxy) is 2. The van der Waals surface area contributed by atoms with Crippen LogP contribution in [0.1, 0.15) is 33.1 Å². The van der Waals surface area contributed by atoms with E-state index in [1.165, 1.54) is 0 Å². The van der Waals surface area contributed by atoms with Gasteiger partial charge in [-0.15, -0.1) is 0 Å². The largest absolute Gasteiger partial charge is 0.396 e. The molecule has 0 saturated carbocycles. The third-order valence-corrected chi connectivity index (χ3v) is 3.00. The molecule has 0 aliphatic carbocycles. The Balaban J connectivity index is 2.54. The molecule has 1 N–H and O–H groups in total. The average Bonchev–Trinajstić information content (AvgIpc) is 2.30. The van der Waals surface area contributed by atoms with Crippen LogP contribution in [0.4, 0.5) is 0 Å². The zero-order valence-electron chi connectivity index (χ0n) is 10.1. The zero-order valence-corrected chi connectivity index (χ0v) is 10.1. The quantitative estimate of drug-likeness (QED) is 0.723. The summed E-state index contributed by atoms with van der Waals surface area (Å²) in [4.78, 5) is 0. The second kappa shape index (κ2) is 6.19. The van der Waals surface area contributed by atoms with Gasteiger partial charge in [0.05, 0.1) is 25.4 Å². The monoisotopic (exact) mass is 227 g/mol. The van der Waals surface area contributed by atoms with Crippen molar-refractivity contribution in [1.29, 1.82) is 5.26 Å². The summed E-state index contributed by atoms with van der Waals surface area (Å²) >= 11 is 0. The van der Waals surface area contributed by atoms with Crippen molar-refractivity contribution in [3.05, 3.63) is 0 Å². The number of hydrogen-bond donors (Lipinski definition) is 1. The van der Waals surface area contributed by atoms with E-state index in [0.717, 1.165) is 0 Å². The summed E-state index contributed by atoms with van der Waals surface area (Å²) in [6.07, 6.45) is 1.93. The van der Waals surface area contributed by atoms with Crippen LogP contribution in [0.3, 0.4) is 0 Å². The van der Waals surface area contributed by atoms with Crippen molar-refractivity contribution in [2.45, 2.75) is 44.8 Å². The first-order chi connectivity index (χ1) is 7.63. The molecule has 0 aromatic rings.